The van der Waals surface area contributed by atoms with Crippen molar-refractivity contribution in [1.82, 2.24) is 25.1 Å². The molecule has 0 saturated heterocycles. The Morgan fingerprint density at radius 3 is 2.82 bits per heavy atom. The molecule has 0 aliphatic heterocycles. The zero-order chi connectivity index (χ0) is 24.1. The summed E-state index contributed by atoms with van der Waals surface area (Å²) in [4.78, 5) is 26.2. The van der Waals surface area contributed by atoms with Crippen molar-refractivity contribution < 1.29 is 9.90 Å². The molecule has 0 bridgehead atoms. The molecule has 1 saturated carbocycles. The predicted octanol–water partition coefficient (Wildman–Crippen LogP) is 2.20. The van der Waals surface area contributed by atoms with Crippen LogP contribution < -0.4 is 11.1 Å². The fraction of sp³-hybridized carbons (Fsp3) is 0.320. The summed E-state index contributed by atoms with van der Waals surface area (Å²) in [6.07, 6.45) is 10.8. The number of nitrogens with two attached hydrogens (primary N) is 1. The Bertz CT molecular complexity index is 1200. The van der Waals surface area contributed by atoms with Gasteiger partial charge in [-0.1, -0.05) is 6.07 Å². The lowest BCUT2D eigenvalue weighted by molar-refractivity contribution is 0.0868. The number of carbonyl (C=O) groups is 1. The maximum Gasteiger partial charge on any atom is 0.270 e. The van der Waals surface area contributed by atoms with Gasteiger partial charge >= 0.3 is 0 Å². The van der Waals surface area contributed by atoms with E-state index in [0.29, 0.717) is 24.4 Å². The Hall–Kier alpha value is -3.85. The number of amides is 1. The highest BCUT2D eigenvalue weighted by molar-refractivity contribution is 6.08. The van der Waals surface area contributed by atoms with Crippen LogP contribution in [0, 0.1) is 6.92 Å². The van der Waals surface area contributed by atoms with Crippen LogP contribution in [0.4, 0.5) is 0 Å². The van der Waals surface area contributed by atoms with E-state index in [1.165, 1.54) is 6.20 Å². The van der Waals surface area contributed by atoms with Crippen molar-refractivity contribution in [3.63, 3.8) is 0 Å². The molecular formula is C25H29N7O2. The number of aliphatic hydroxyl groups is 1. The molecule has 0 radical (unpaired) electrons. The van der Waals surface area contributed by atoms with E-state index in [1.807, 2.05) is 31.2 Å². The van der Waals surface area contributed by atoms with Gasteiger partial charge in [0.1, 0.15) is 5.69 Å². The Morgan fingerprint density at radius 1 is 1.35 bits per heavy atom. The maximum atomic E-state index is 13.0. The molecular weight excluding hydrogens is 430 g/mol. The number of aromatic nitrogens is 4. The zero-order valence-electron chi connectivity index (χ0n) is 19.3. The summed E-state index contributed by atoms with van der Waals surface area (Å²) >= 11 is 0. The number of pyridine rings is 2. The molecule has 4 N–H and O–H groups in total. The van der Waals surface area contributed by atoms with Gasteiger partial charge in [0.15, 0.2) is 5.82 Å². The first kappa shape index (κ1) is 23.3. The molecule has 1 amide bonds. The van der Waals surface area contributed by atoms with Crippen LogP contribution >= 0.6 is 0 Å². The molecule has 0 aromatic carbocycles. The van der Waals surface area contributed by atoms with E-state index in [2.05, 4.69) is 25.4 Å². The molecule has 3 heterocycles. The number of rotatable bonds is 7. The van der Waals surface area contributed by atoms with E-state index in [9.17, 15) is 9.90 Å². The SMILES string of the molecule is CN=C/C(=C\N)c1ccc(Cc2cc(C(=O)N[C@H]3CCC[C@@H]3O)nc(-n3cccn3)c2C)cn1. The Kier molecular flexibility index (Phi) is 7.12. The van der Waals surface area contributed by atoms with E-state index in [1.54, 1.807) is 36.5 Å². The monoisotopic (exact) mass is 459 g/mol. The molecule has 1 aliphatic carbocycles. The molecule has 176 valence electrons. The van der Waals surface area contributed by atoms with E-state index in [0.717, 1.165) is 40.8 Å². The first-order valence-electron chi connectivity index (χ1n) is 11.3. The highest BCUT2D eigenvalue weighted by Crippen LogP contribution is 2.23. The number of hydrogen-bond acceptors (Lipinski definition) is 7. The van der Waals surface area contributed by atoms with Gasteiger partial charge in [0.2, 0.25) is 0 Å². The fourth-order valence-corrected chi connectivity index (χ4v) is 4.17. The summed E-state index contributed by atoms with van der Waals surface area (Å²) < 4.78 is 1.66. The molecule has 3 aromatic rings. The van der Waals surface area contributed by atoms with Crippen molar-refractivity contribution in [2.24, 2.45) is 10.7 Å². The maximum absolute atomic E-state index is 13.0. The first-order valence-corrected chi connectivity index (χ1v) is 11.3. The minimum Gasteiger partial charge on any atom is -0.404 e. The van der Waals surface area contributed by atoms with Gasteiger partial charge in [-0.15, -0.1) is 0 Å². The van der Waals surface area contributed by atoms with Crippen molar-refractivity contribution in [2.45, 2.75) is 44.8 Å². The van der Waals surface area contributed by atoms with Crippen molar-refractivity contribution in [3.05, 3.63) is 77.1 Å². The number of aliphatic imine (C=N–C) groups is 1. The lowest BCUT2D eigenvalue weighted by Crippen LogP contribution is -2.40. The Balaban J connectivity index is 1.65. The normalized spacial score (nSPS) is 18.5. The van der Waals surface area contributed by atoms with E-state index >= 15 is 0 Å². The summed E-state index contributed by atoms with van der Waals surface area (Å²) in [5.41, 5.74) is 10.3. The van der Waals surface area contributed by atoms with Gasteiger partial charge in [0, 0.05) is 43.6 Å². The highest BCUT2D eigenvalue weighted by atomic mass is 16.3. The van der Waals surface area contributed by atoms with Crippen LogP contribution in [0.25, 0.3) is 11.4 Å². The summed E-state index contributed by atoms with van der Waals surface area (Å²) in [5.74, 6) is 0.294. The van der Waals surface area contributed by atoms with Crippen molar-refractivity contribution in [3.8, 4) is 5.82 Å². The molecule has 1 aliphatic rings. The average molecular weight is 460 g/mol. The van der Waals surface area contributed by atoms with Crippen LogP contribution in [0.2, 0.25) is 0 Å². The Labute approximate surface area is 198 Å². The first-order chi connectivity index (χ1) is 16.5. The molecule has 0 spiro atoms. The second-order valence-corrected chi connectivity index (χ2v) is 8.38. The van der Waals surface area contributed by atoms with Crippen LogP contribution in [-0.2, 0) is 6.42 Å². The zero-order valence-corrected chi connectivity index (χ0v) is 19.3. The number of carbonyl (C=O) groups excluding carboxylic acids is 1. The topological polar surface area (TPSA) is 131 Å². The number of nitrogens with one attached hydrogen (secondary N) is 1. The van der Waals surface area contributed by atoms with Crippen molar-refractivity contribution >= 4 is 17.7 Å². The molecule has 3 aromatic heterocycles. The predicted molar refractivity (Wildman–Crippen MR) is 131 cm³/mol. The van der Waals surface area contributed by atoms with Gasteiger partial charge in [-0.05, 0) is 67.5 Å². The van der Waals surface area contributed by atoms with Crippen LogP contribution in [-0.4, -0.2) is 56.2 Å². The van der Waals surface area contributed by atoms with Crippen LogP contribution in [0.5, 0.6) is 0 Å². The van der Waals surface area contributed by atoms with Crippen molar-refractivity contribution in [2.75, 3.05) is 7.05 Å². The van der Waals surface area contributed by atoms with Gasteiger partial charge in [-0.3, -0.25) is 14.8 Å². The highest BCUT2D eigenvalue weighted by Gasteiger charge is 2.27. The third-order valence-corrected chi connectivity index (χ3v) is 6.07. The second-order valence-electron chi connectivity index (χ2n) is 8.38. The summed E-state index contributed by atoms with van der Waals surface area (Å²) in [7, 11) is 1.68. The van der Waals surface area contributed by atoms with E-state index in [4.69, 9.17) is 5.73 Å². The second kappa shape index (κ2) is 10.4. The lowest BCUT2D eigenvalue weighted by Gasteiger charge is -2.18. The molecule has 1 fully saturated rings. The molecule has 0 unspecified atom stereocenters. The minimum atomic E-state index is -0.519. The molecule has 9 nitrogen and oxygen atoms in total. The molecule has 2 atom stereocenters. The van der Waals surface area contributed by atoms with Crippen molar-refractivity contribution in [1.29, 1.82) is 0 Å². The number of nitrogens with zero attached hydrogens (tertiary/aromatic N) is 5. The number of aliphatic hydroxyl groups excluding tert-OH is 1. The van der Waals surface area contributed by atoms with Gasteiger partial charge < -0.3 is 16.2 Å². The standard InChI is InChI=1S/C25H29N7O2/c1-16-18(11-17-7-8-20(28-14-17)19(13-26)15-27-2)12-22(30-24(16)32-10-4-9-29-32)25(34)31-21-5-3-6-23(21)33/h4,7-10,12-15,21,23,33H,3,5-6,11,26H2,1-2H3,(H,31,34)/b19-13+,27-15?/t21-,23-/m0/s1. The largest absolute Gasteiger partial charge is 0.404 e. The van der Waals surface area contributed by atoms with Crippen LogP contribution in [0.3, 0.4) is 0 Å². The molecule has 34 heavy (non-hydrogen) atoms. The number of allylic oxidation sites excluding steroid dienone is 1. The van der Waals surface area contributed by atoms with Crippen LogP contribution in [0.1, 0.15) is 52.1 Å². The molecule has 4 rings (SSSR count). The fourth-order valence-electron chi connectivity index (χ4n) is 4.17. The third kappa shape index (κ3) is 5.04. The van der Waals surface area contributed by atoms with Crippen LogP contribution in [0.15, 0.2) is 54.0 Å². The third-order valence-electron chi connectivity index (χ3n) is 6.07. The smallest absolute Gasteiger partial charge is 0.270 e. The van der Waals surface area contributed by atoms with Gasteiger partial charge in [-0.25, -0.2) is 9.67 Å². The number of hydrogen-bond donors (Lipinski definition) is 3. The minimum absolute atomic E-state index is 0.250. The molecule has 9 heteroatoms. The lowest BCUT2D eigenvalue weighted by atomic mass is 10.0. The van der Waals surface area contributed by atoms with Gasteiger partial charge in [0.05, 0.1) is 17.8 Å². The van der Waals surface area contributed by atoms with E-state index < -0.39 is 6.10 Å². The summed E-state index contributed by atoms with van der Waals surface area (Å²) in [6, 6.07) is 7.25. The summed E-state index contributed by atoms with van der Waals surface area (Å²) in [6.45, 7) is 1.97. The van der Waals surface area contributed by atoms with E-state index in [-0.39, 0.29) is 11.9 Å². The Morgan fingerprint density at radius 2 is 2.21 bits per heavy atom. The summed E-state index contributed by atoms with van der Waals surface area (Å²) in [5, 5.41) is 17.4. The van der Waals surface area contributed by atoms with Gasteiger partial charge in [-0.2, -0.15) is 5.10 Å². The van der Waals surface area contributed by atoms with Gasteiger partial charge in [0.25, 0.3) is 5.91 Å². The average Bonchev–Trinajstić information content (AvgIpc) is 3.52. The quantitative estimate of drug-likeness (QED) is 0.464.